The van der Waals surface area contributed by atoms with Gasteiger partial charge in [0.25, 0.3) is 11.6 Å². The largest absolute Gasteiger partial charge is 0.467 e. The Morgan fingerprint density at radius 1 is 1.10 bits per heavy atom. The van der Waals surface area contributed by atoms with Crippen molar-refractivity contribution in [3.63, 3.8) is 0 Å². The maximum atomic E-state index is 13.0. The van der Waals surface area contributed by atoms with Crippen molar-refractivity contribution < 1.29 is 14.1 Å². The predicted molar refractivity (Wildman–Crippen MR) is 111 cm³/mol. The quantitative estimate of drug-likeness (QED) is 0.339. The van der Waals surface area contributed by atoms with E-state index in [-0.39, 0.29) is 18.1 Å². The minimum atomic E-state index is -0.461. The monoisotopic (exact) mass is 405 g/mol. The summed E-state index contributed by atoms with van der Waals surface area (Å²) in [5, 5.41) is 11.5. The Morgan fingerprint density at radius 3 is 2.66 bits per heavy atom. The Labute approximate surface area is 170 Å². The molecule has 1 aromatic heterocycles. The van der Waals surface area contributed by atoms with Crippen LogP contribution in [-0.4, -0.2) is 20.9 Å². The molecule has 0 aliphatic carbocycles. The van der Waals surface area contributed by atoms with Crippen molar-refractivity contribution in [2.75, 3.05) is 0 Å². The summed E-state index contributed by atoms with van der Waals surface area (Å²) in [4.78, 5) is 30.2. The van der Waals surface area contributed by atoms with Gasteiger partial charge in [0.15, 0.2) is 5.17 Å². The van der Waals surface area contributed by atoms with Crippen LogP contribution in [0.15, 0.2) is 87.3 Å². The van der Waals surface area contributed by atoms with E-state index in [0.717, 1.165) is 5.69 Å². The predicted octanol–water partition coefficient (Wildman–Crippen LogP) is 4.99. The van der Waals surface area contributed by atoms with Crippen LogP contribution >= 0.6 is 11.8 Å². The minimum Gasteiger partial charge on any atom is -0.467 e. The molecule has 4 rings (SSSR count). The van der Waals surface area contributed by atoms with Crippen molar-refractivity contribution in [2.45, 2.75) is 6.54 Å². The molecule has 2 aromatic carbocycles. The number of carbonyl (C=O) groups is 1. The van der Waals surface area contributed by atoms with E-state index in [0.29, 0.717) is 21.4 Å². The lowest BCUT2D eigenvalue weighted by atomic mass is 10.2. The summed E-state index contributed by atoms with van der Waals surface area (Å²) >= 11 is 1.23. The van der Waals surface area contributed by atoms with Gasteiger partial charge in [-0.3, -0.25) is 19.8 Å². The van der Waals surface area contributed by atoms with Crippen LogP contribution in [0.1, 0.15) is 11.3 Å². The molecule has 2 heterocycles. The number of rotatable bonds is 5. The highest BCUT2D eigenvalue weighted by atomic mass is 32.2. The van der Waals surface area contributed by atoms with Crippen molar-refractivity contribution in [1.29, 1.82) is 0 Å². The maximum absolute atomic E-state index is 13.0. The summed E-state index contributed by atoms with van der Waals surface area (Å²) in [6.07, 6.45) is 3.19. The molecule has 8 heteroatoms. The van der Waals surface area contributed by atoms with Crippen molar-refractivity contribution in [3.8, 4) is 0 Å². The third-order valence-electron chi connectivity index (χ3n) is 4.14. The van der Waals surface area contributed by atoms with Gasteiger partial charge in [-0.05, 0) is 47.7 Å². The van der Waals surface area contributed by atoms with E-state index in [1.807, 2.05) is 30.3 Å². The Bertz CT molecular complexity index is 1110. The Balaban J connectivity index is 1.69. The molecule has 0 bridgehead atoms. The molecule has 0 spiro atoms. The Kier molecular flexibility index (Phi) is 5.26. The van der Waals surface area contributed by atoms with Gasteiger partial charge < -0.3 is 4.42 Å². The fourth-order valence-electron chi connectivity index (χ4n) is 2.78. The summed E-state index contributed by atoms with van der Waals surface area (Å²) in [6.45, 7) is 0.247. The third kappa shape index (κ3) is 4.27. The van der Waals surface area contributed by atoms with E-state index in [1.165, 1.54) is 23.9 Å². The first-order valence-corrected chi connectivity index (χ1v) is 9.54. The van der Waals surface area contributed by atoms with Crippen LogP contribution in [0.2, 0.25) is 0 Å². The summed E-state index contributed by atoms with van der Waals surface area (Å²) < 4.78 is 5.39. The van der Waals surface area contributed by atoms with Crippen molar-refractivity contribution >= 4 is 40.3 Å². The summed E-state index contributed by atoms with van der Waals surface area (Å²) in [7, 11) is 0. The number of thioether (sulfide) groups is 1. The molecule has 1 saturated heterocycles. The van der Waals surface area contributed by atoms with E-state index in [4.69, 9.17) is 4.42 Å². The molecule has 0 N–H and O–H groups in total. The average molecular weight is 405 g/mol. The first-order chi connectivity index (χ1) is 14.1. The van der Waals surface area contributed by atoms with Gasteiger partial charge in [0.05, 0.1) is 28.3 Å². The Morgan fingerprint density at radius 2 is 1.93 bits per heavy atom. The lowest BCUT2D eigenvalue weighted by Crippen LogP contribution is -2.28. The molecule has 29 heavy (non-hydrogen) atoms. The zero-order valence-corrected chi connectivity index (χ0v) is 15.9. The fraction of sp³-hybridized carbons (Fsp3) is 0.0476. The number of nitro benzene ring substituents is 1. The van der Waals surface area contributed by atoms with Gasteiger partial charge >= 0.3 is 0 Å². The van der Waals surface area contributed by atoms with Crippen molar-refractivity contribution in [1.82, 2.24) is 4.90 Å². The molecule has 0 radical (unpaired) electrons. The van der Waals surface area contributed by atoms with E-state index < -0.39 is 4.92 Å². The number of non-ortho nitro benzene ring substituents is 1. The van der Waals surface area contributed by atoms with Crippen LogP contribution in [-0.2, 0) is 11.3 Å². The third-order valence-corrected chi connectivity index (χ3v) is 5.15. The summed E-state index contributed by atoms with van der Waals surface area (Å²) in [6, 6.07) is 19.1. The highest BCUT2D eigenvalue weighted by molar-refractivity contribution is 8.18. The molecule has 1 fully saturated rings. The van der Waals surface area contributed by atoms with Gasteiger partial charge in [-0.1, -0.05) is 30.3 Å². The highest BCUT2D eigenvalue weighted by Gasteiger charge is 2.34. The number of furan rings is 1. The number of aliphatic imine (C=N–C) groups is 1. The number of nitrogens with zero attached hydrogens (tertiary/aromatic N) is 3. The number of amides is 1. The SMILES string of the molecule is O=C1/C(=C/c2cccc([N+](=O)[O-])c2)SC(=Nc2ccccc2)N1Cc1ccco1. The highest BCUT2D eigenvalue weighted by Crippen LogP contribution is 2.35. The second kappa shape index (κ2) is 8.15. The molecule has 0 saturated carbocycles. The Hall–Kier alpha value is -3.65. The fourth-order valence-corrected chi connectivity index (χ4v) is 3.78. The topological polar surface area (TPSA) is 88.9 Å². The second-order valence-corrected chi connectivity index (χ2v) is 7.17. The number of amidine groups is 1. The zero-order valence-electron chi connectivity index (χ0n) is 15.1. The van der Waals surface area contributed by atoms with E-state index in [2.05, 4.69) is 4.99 Å². The number of carbonyl (C=O) groups excluding carboxylic acids is 1. The van der Waals surface area contributed by atoms with Crippen LogP contribution < -0.4 is 0 Å². The van der Waals surface area contributed by atoms with Crippen LogP contribution in [0.25, 0.3) is 6.08 Å². The van der Waals surface area contributed by atoms with Gasteiger partial charge in [0.1, 0.15) is 5.76 Å². The maximum Gasteiger partial charge on any atom is 0.270 e. The molecule has 1 aliphatic heterocycles. The van der Waals surface area contributed by atoms with Crippen LogP contribution in [0.3, 0.4) is 0 Å². The average Bonchev–Trinajstić information content (AvgIpc) is 3.33. The van der Waals surface area contributed by atoms with Crippen LogP contribution in [0.4, 0.5) is 11.4 Å². The van der Waals surface area contributed by atoms with Crippen molar-refractivity contribution in [3.05, 3.63) is 99.3 Å². The second-order valence-electron chi connectivity index (χ2n) is 6.16. The number of para-hydroxylation sites is 1. The number of nitro groups is 1. The van der Waals surface area contributed by atoms with Crippen molar-refractivity contribution in [2.24, 2.45) is 4.99 Å². The molecule has 144 valence electrons. The first kappa shape index (κ1) is 18.7. The molecule has 3 aromatic rings. The van der Waals surface area contributed by atoms with E-state index >= 15 is 0 Å². The molecule has 0 unspecified atom stereocenters. The van der Waals surface area contributed by atoms with E-state index in [9.17, 15) is 14.9 Å². The van der Waals surface area contributed by atoms with Gasteiger partial charge in [-0.2, -0.15) is 0 Å². The molecule has 1 amide bonds. The van der Waals surface area contributed by atoms with Crippen LogP contribution in [0, 0.1) is 10.1 Å². The lowest BCUT2D eigenvalue weighted by Gasteiger charge is -2.13. The van der Waals surface area contributed by atoms with Gasteiger partial charge in [0, 0.05) is 12.1 Å². The van der Waals surface area contributed by atoms with Gasteiger partial charge in [-0.25, -0.2) is 4.99 Å². The first-order valence-electron chi connectivity index (χ1n) is 8.72. The molecule has 1 aliphatic rings. The normalized spacial score (nSPS) is 16.7. The molecular formula is C21H15N3O4S. The molecular weight excluding hydrogens is 390 g/mol. The van der Waals surface area contributed by atoms with E-state index in [1.54, 1.807) is 41.5 Å². The summed E-state index contributed by atoms with van der Waals surface area (Å²) in [5.41, 5.74) is 1.28. The zero-order chi connectivity index (χ0) is 20.2. The minimum absolute atomic E-state index is 0.0274. The smallest absolute Gasteiger partial charge is 0.270 e. The number of hydrogen-bond acceptors (Lipinski definition) is 6. The number of hydrogen-bond donors (Lipinski definition) is 0. The van der Waals surface area contributed by atoms with Crippen LogP contribution in [0.5, 0.6) is 0 Å². The molecule has 7 nitrogen and oxygen atoms in total. The van der Waals surface area contributed by atoms with Gasteiger partial charge in [0.2, 0.25) is 0 Å². The standard InChI is InChI=1S/C21H15N3O4S/c25-20-19(13-15-6-4-9-17(12-15)24(26)27)29-21(22-16-7-2-1-3-8-16)23(20)14-18-10-5-11-28-18/h1-13H,14H2/b19-13-,22-21?. The summed E-state index contributed by atoms with van der Waals surface area (Å²) in [5.74, 6) is 0.406. The molecule has 0 atom stereocenters. The number of benzene rings is 2. The lowest BCUT2D eigenvalue weighted by molar-refractivity contribution is -0.384. The van der Waals surface area contributed by atoms with Gasteiger partial charge in [-0.15, -0.1) is 0 Å².